The highest BCUT2D eigenvalue weighted by molar-refractivity contribution is 5.96. The number of carboxylic acid groups (broad SMARTS) is 1. The van der Waals surface area contributed by atoms with Gasteiger partial charge in [0.15, 0.2) is 0 Å². The van der Waals surface area contributed by atoms with Crippen molar-refractivity contribution in [3.8, 4) is 0 Å². The largest absolute Gasteiger partial charge is 0.490 e. The van der Waals surface area contributed by atoms with Crippen LogP contribution in [0.1, 0.15) is 45.6 Å². The predicted octanol–water partition coefficient (Wildman–Crippen LogP) is 3.70. The summed E-state index contributed by atoms with van der Waals surface area (Å²) in [6, 6.07) is 16.1. The number of carbonyl (C=O) groups is 2. The minimum atomic E-state index is -5.08. The van der Waals surface area contributed by atoms with Gasteiger partial charge in [0.25, 0.3) is 5.91 Å². The third-order valence-corrected chi connectivity index (χ3v) is 5.32. The third kappa shape index (κ3) is 6.67. The fourth-order valence-electron chi connectivity index (χ4n) is 3.54. The van der Waals surface area contributed by atoms with Gasteiger partial charge >= 0.3 is 12.1 Å². The zero-order valence-electron chi connectivity index (χ0n) is 18.5. The number of aliphatic carboxylic acids is 1. The van der Waals surface area contributed by atoms with Crippen LogP contribution in [0.2, 0.25) is 0 Å². The van der Waals surface area contributed by atoms with Crippen molar-refractivity contribution < 1.29 is 27.9 Å². The van der Waals surface area contributed by atoms with Crippen molar-refractivity contribution in [3.63, 3.8) is 0 Å². The topological polar surface area (TPSA) is 96.3 Å². The zero-order chi connectivity index (χ0) is 24.7. The molecule has 0 bridgehead atoms. The summed E-state index contributed by atoms with van der Waals surface area (Å²) in [5.41, 5.74) is 5.36. The second kappa shape index (κ2) is 11.0. The van der Waals surface area contributed by atoms with Crippen LogP contribution in [0.5, 0.6) is 0 Å². The Hall–Kier alpha value is -3.66. The second-order valence-corrected chi connectivity index (χ2v) is 7.82. The van der Waals surface area contributed by atoms with E-state index >= 15 is 0 Å². The number of hydrogen-bond donors (Lipinski definition) is 3. The summed E-state index contributed by atoms with van der Waals surface area (Å²) < 4.78 is 33.6. The Bertz CT molecular complexity index is 1130. The summed E-state index contributed by atoms with van der Waals surface area (Å²) >= 11 is 0. The number of nitrogens with zero attached hydrogens (tertiary/aromatic N) is 2. The molecule has 2 heterocycles. The molecule has 10 heteroatoms. The lowest BCUT2D eigenvalue weighted by Gasteiger charge is -2.21. The number of carbonyl (C=O) groups excluding carboxylic acids is 1. The van der Waals surface area contributed by atoms with Gasteiger partial charge in [0.2, 0.25) is 0 Å². The SMILES string of the molecule is CC(NC(=O)c1cccc2c1CNCC2)c1cnn(Cc2ccccc2)c1.O=C(O)C(F)(F)F. The summed E-state index contributed by atoms with van der Waals surface area (Å²) in [7, 11) is 0. The molecule has 1 aliphatic heterocycles. The van der Waals surface area contributed by atoms with Crippen molar-refractivity contribution >= 4 is 11.9 Å². The molecule has 0 saturated heterocycles. The van der Waals surface area contributed by atoms with E-state index in [1.165, 1.54) is 11.1 Å². The van der Waals surface area contributed by atoms with E-state index < -0.39 is 12.1 Å². The van der Waals surface area contributed by atoms with E-state index in [9.17, 15) is 18.0 Å². The van der Waals surface area contributed by atoms with Crippen molar-refractivity contribution in [2.45, 2.75) is 38.7 Å². The summed E-state index contributed by atoms with van der Waals surface area (Å²) in [5, 5.41) is 18.0. The van der Waals surface area contributed by atoms with Gasteiger partial charge in [-0.05, 0) is 42.6 Å². The smallest absolute Gasteiger partial charge is 0.475 e. The first-order chi connectivity index (χ1) is 16.1. The molecule has 0 saturated carbocycles. The predicted molar refractivity (Wildman–Crippen MR) is 119 cm³/mol. The van der Waals surface area contributed by atoms with Gasteiger partial charge in [-0.15, -0.1) is 0 Å². The summed E-state index contributed by atoms with van der Waals surface area (Å²) in [4.78, 5) is 21.7. The molecular formula is C24H25F3N4O3. The van der Waals surface area contributed by atoms with Crippen molar-refractivity contribution in [2.24, 2.45) is 0 Å². The first-order valence-electron chi connectivity index (χ1n) is 10.6. The van der Waals surface area contributed by atoms with Gasteiger partial charge < -0.3 is 15.7 Å². The number of hydrogen-bond acceptors (Lipinski definition) is 4. The fraction of sp³-hybridized carbons (Fsp3) is 0.292. The van der Waals surface area contributed by atoms with Crippen molar-refractivity contribution in [1.29, 1.82) is 0 Å². The van der Waals surface area contributed by atoms with Gasteiger partial charge in [-0.2, -0.15) is 18.3 Å². The van der Waals surface area contributed by atoms with Crippen LogP contribution >= 0.6 is 0 Å². The molecule has 1 unspecified atom stereocenters. The Labute approximate surface area is 194 Å². The Morgan fingerprint density at radius 2 is 1.88 bits per heavy atom. The molecule has 180 valence electrons. The lowest BCUT2D eigenvalue weighted by molar-refractivity contribution is -0.192. The molecule has 1 aromatic heterocycles. The highest BCUT2D eigenvalue weighted by Gasteiger charge is 2.38. The van der Waals surface area contributed by atoms with E-state index in [2.05, 4.69) is 33.9 Å². The first kappa shape index (κ1) is 25.0. The number of benzene rings is 2. The van der Waals surface area contributed by atoms with Crippen LogP contribution in [0.15, 0.2) is 60.9 Å². The molecule has 3 aromatic rings. The maximum Gasteiger partial charge on any atom is 0.490 e. The standard InChI is InChI=1S/C22H24N4O.C2HF3O2/c1-16(19-12-24-26(15-19)14-17-6-3-2-4-7-17)25-22(27)20-9-5-8-18-10-11-23-13-21(18)20;3-2(4,5)1(6)7/h2-9,12,15-16,23H,10-11,13-14H2,1H3,(H,25,27);(H,6,7). The Morgan fingerprint density at radius 1 is 1.18 bits per heavy atom. The summed E-state index contributed by atoms with van der Waals surface area (Å²) in [5.74, 6) is -2.79. The number of fused-ring (bicyclic) bond motifs is 1. The molecule has 0 fully saturated rings. The molecule has 4 rings (SSSR count). The van der Waals surface area contributed by atoms with Crippen molar-refractivity contribution in [2.75, 3.05) is 6.54 Å². The van der Waals surface area contributed by atoms with Crippen LogP contribution in [0.25, 0.3) is 0 Å². The Balaban J connectivity index is 0.000000406. The number of nitrogens with one attached hydrogen (secondary N) is 2. The average molecular weight is 474 g/mol. The molecule has 1 amide bonds. The minimum absolute atomic E-state index is 0.0288. The quantitative estimate of drug-likeness (QED) is 0.524. The number of halogens is 3. The highest BCUT2D eigenvalue weighted by atomic mass is 19.4. The average Bonchev–Trinajstić information content (AvgIpc) is 3.28. The molecule has 0 aliphatic carbocycles. The van der Waals surface area contributed by atoms with Crippen molar-refractivity contribution in [3.05, 3.63) is 88.7 Å². The van der Waals surface area contributed by atoms with Gasteiger partial charge in [-0.1, -0.05) is 42.5 Å². The second-order valence-electron chi connectivity index (χ2n) is 7.82. The molecule has 3 N–H and O–H groups in total. The van der Waals surface area contributed by atoms with E-state index in [1.54, 1.807) is 0 Å². The van der Waals surface area contributed by atoms with Gasteiger partial charge in [-0.3, -0.25) is 9.48 Å². The molecule has 34 heavy (non-hydrogen) atoms. The minimum Gasteiger partial charge on any atom is -0.475 e. The Morgan fingerprint density at radius 3 is 2.56 bits per heavy atom. The number of alkyl halides is 3. The number of carboxylic acids is 1. The third-order valence-electron chi connectivity index (χ3n) is 5.32. The summed E-state index contributed by atoms with van der Waals surface area (Å²) in [6.07, 6.45) is -0.284. The molecule has 7 nitrogen and oxygen atoms in total. The Kier molecular flexibility index (Phi) is 8.06. The molecular weight excluding hydrogens is 449 g/mol. The van der Waals surface area contributed by atoms with Gasteiger partial charge in [-0.25, -0.2) is 4.79 Å². The fourth-order valence-corrected chi connectivity index (χ4v) is 3.54. The van der Waals surface area contributed by atoms with Crippen LogP contribution < -0.4 is 10.6 Å². The lowest BCUT2D eigenvalue weighted by atomic mass is 9.95. The summed E-state index contributed by atoms with van der Waals surface area (Å²) in [6.45, 7) is 4.44. The van der Waals surface area contributed by atoms with Gasteiger partial charge in [0, 0.05) is 23.9 Å². The van der Waals surface area contributed by atoms with E-state index in [1.807, 2.05) is 54.3 Å². The molecule has 0 spiro atoms. The zero-order valence-corrected chi connectivity index (χ0v) is 18.5. The molecule has 2 aromatic carbocycles. The maximum atomic E-state index is 12.8. The van der Waals surface area contributed by atoms with Crippen LogP contribution in [0.3, 0.4) is 0 Å². The van der Waals surface area contributed by atoms with Crippen LogP contribution in [-0.4, -0.2) is 39.5 Å². The lowest BCUT2D eigenvalue weighted by Crippen LogP contribution is -2.31. The van der Waals surface area contributed by atoms with Gasteiger partial charge in [0.05, 0.1) is 18.8 Å². The van der Waals surface area contributed by atoms with Crippen molar-refractivity contribution in [1.82, 2.24) is 20.4 Å². The van der Waals surface area contributed by atoms with Crippen LogP contribution in [-0.2, 0) is 24.3 Å². The molecule has 1 aliphatic rings. The maximum absolute atomic E-state index is 12.8. The molecule has 0 radical (unpaired) electrons. The van der Waals surface area contributed by atoms with E-state index in [4.69, 9.17) is 9.90 Å². The van der Waals surface area contributed by atoms with Crippen LogP contribution in [0, 0.1) is 0 Å². The van der Waals surface area contributed by atoms with Crippen LogP contribution in [0.4, 0.5) is 13.2 Å². The van der Waals surface area contributed by atoms with E-state index in [0.717, 1.165) is 42.7 Å². The number of amides is 1. The number of rotatable bonds is 5. The molecule has 1 atom stereocenters. The first-order valence-corrected chi connectivity index (χ1v) is 10.6. The highest BCUT2D eigenvalue weighted by Crippen LogP contribution is 2.20. The monoisotopic (exact) mass is 474 g/mol. The normalized spacial score (nSPS) is 13.8. The van der Waals surface area contributed by atoms with Gasteiger partial charge in [0.1, 0.15) is 0 Å². The van der Waals surface area contributed by atoms with E-state index in [-0.39, 0.29) is 11.9 Å². The number of aromatic nitrogens is 2. The van der Waals surface area contributed by atoms with E-state index in [0.29, 0.717) is 0 Å².